The lowest BCUT2D eigenvalue weighted by Gasteiger charge is -2.43. The molecule has 4 aliphatic rings. The molecule has 160 valence electrons. The van der Waals surface area contributed by atoms with Gasteiger partial charge in [-0.25, -0.2) is 0 Å². The Balaban J connectivity index is 1.18. The van der Waals surface area contributed by atoms with Crippen molar-refractivity contribution in [3.63, 3.8) is 0 Å². The minimum Gasteiger partial charge on any atom is -0.381 e. The SMILES string of the molecule is COC1CCC2CC(OC3CCC(C(=O)C4CCC(C)CC4)CC3)CCC2C1. The molecule has 0 aromatic heterocycles. The summed E-state index contributed by atoms with van der Waals surface area (Å²) in [6.45, 7) is 2.33. The van der Waals surface area contributed by atoms with E-state index in [0.29, 0.717) is 35.9 Å². The first-order chi connectivity index (χ1) is 13.6. The average Bonchev–Trinajstić information content (AvgIpc) is 2.74. The van der Waals surface area contributed by atoms with Crippen molar-refractivity contribution in [3.8, 4) is 0 Å². The van der Waals surface area contributed by atoms with Crippen molar-refractivity contribution in [2.75, 3.05) is 7.11 Å². The molecule has 4 unspecified atom stereocenters. The topological polar surface area (TPSA) is 35.5 Å². The molecule has 0 aromatic carbocycles. The second-order valence-electron chi connectivity index (χ2n) is 10.6. The zero-order valence-electron chi connectivity index (χ0n) is 18.2. The summed E-state index contributed by atoms with van der Waals surface area (Å²) in [4.78, 5) is 12.9. The van der Waals surface area contributed by atoms with E-state index in [1.807, 2.05) is 7.11 Å². The molecule has 0 heterocycles. The number of methoxy groups -OCH3 is 1. The van der Waals surface area contributed by atoms with Crippen LogP contribution in [-0.2, 0) is 14.3 Å². The van der Waals surface area contributed by atoms with Crippen molar-refractivity contribution in [1.82, 2.24) is 0 Å². The third-order valence-electron chi connectivity index (χ3n) is 8.73. The lowest BCUT2D eigenvalue weighted by Crippen LogP contribution is -2.38. The molecule has 28 heavy (non-hydrogen) atoms. The fourth-order valence-electron chi connectivity index (χ4n) is 6.77. The number of carbonyl (C=O) groups excluding carboxylic acids is 1. The Bertz CT molecular complexity index is 502. The van der Waals surface area contributed by atoms with Gasteiger partial charge in [0.2, 0.25) is 0 Å². The van der Waals surface area contributed by atoms with Crippen molar-refractivity contribution in [1.29, 1.82) is 0 Å². The minimum absolute atomic E-state index is 0.332. The Morgan fingerprint density at radius 1 is 0.643 bits per heavy atom. The molecule has 0 bridgehead atoms. The van der Waals surface area contributed by atoms with Gasteiger partial charge in [0, 0.05) is 18.9 Å². The molecule has 3 heteroatoms. The molecule has 4 fully saturated rings. The third kappa shape index (κ3) is 5.01. The van der Waals surface area contributed by atoms with Crippen LogP contribution < -0.4 is 0 Å². The summed E-state index contributed by atoms with van der Waals surface area (Å²) in [5.41, 5.74) is 0. The smallest absolute Gasteiger partial charge is 0.139 e. The molecule has 4 atom stereocenters. The van der Waals surface area contributed by atoms with Crippen molar-refractivity contribution in [2.24, 2.45) is 29.6 Å². The standard InChI is InChI=1S/C25H42O3/c1-17-3-5-18(6-4-17)25(26)19-7-11-22(12-8-19)28-24-14-10-20-15-23(27-2)13-9-21(20)16-24/h17-24H,3-16H2,1-2H3. The van der Waals surface area contributed by atoms with Gasteiger partial charge in [-0.1, -0.05) is 19.8 Å². The molecule has 4 aliphatic carbocycles. The van der Waals surface area contributed by atoms with E-state index >= 15 is 0 Å². The summed E-state index contributed by atoms with van der Waals surface area (Å²) in [5, 5.41) is 0. The van der Waals surface area contributed by atoms with Crippen molar-refractivity contribution in [3.05, 3.63) is 0 Å². The highest BCUT2D eigenvalue weighted by Gasteiger charge is 2.38. The monoisotopic (exact) mass is 390 g/mol. The number of hydrogen-bond donors (Lipinski definition) is 0. The predicted molar refractivity (Wildman–Crippen MR) is 112 cm³/mol. The zero-order valence-corrected chi connectivity index (χ0v) is 18.2. The van der Waals surface area contributed by atoms with E-state index in [2.05, 4.69) is 6.92 Å². The summed E-state index contributed by atoms with van der Waals surface area (Å²) in [6.07, 6.45) is 18.2. The number of ketones is 1. The number of fused-ring (bicyclic) bond motifs is 1. The van der Waals surface area contributed by atoms with E-state index in [-0.39, 0.29) is 0 Å². The van der Waals surface area contributed by atoms with Crippen LogP contribution in [0.4, 0.5) is 0 Å². The van der Waals surface area contributed by atoms with Crippen LogP contribution in [-0.4, -0.2) is 31.2 Å². The molecule has 3 nitrogen and oxygen atoms in total. The van der Waals surface area contributed by atoms with Crippen molar-refractivity contribution >= 4 is 5.78 Å². The molecule has 4 saturated carbocycles. The van der Waals surface area contributed by atoms with Gasteiger partial charge >= 0.3 is 0 Å². The summed E-state index contributed by atoms with van der Waals surface area (Å²) < 4.78 is 12.2. The van der Waals surface area contributed by atoms with Gasteiger partial charge in [-0.2, -0.15) is 0 Å². The van der Waals surface area contributed by atoms with E-state index in [1.54, 1.807) is 0 Å². The number of carbonyl (C=O) groups is 1. The van der Waals surface area contributed by atoms with Crippen LogP contribution in [0.3, 0.4) is 0 Å². The highest BCUT2D eigenvalue weighted by Crippen LogP contribution is 2.43. The highest BCUT2D eigenvalue weighted by atomic mass is 16.5. The van der Waals surface area contributed by atoms with E-state index in [4.69, 9.17) is 9.47 Å². The van der Waals surface area contributed by atoms with Crippen LogP contribution in [0.25, 0.3) is 0 Å². The maximum atomic E-state index is 12.9. The van der Waals surface area contributed by atoms with Crippen LogP contribution in [0.1, 0.15) is 96.8 Å². The quantitative estimate of drug-likeness (QED) is 0.582. The van der Waals surface area contributed by atoms with Crippen LogP contribution in [0.2, 0.25) is 0 Å². The fraction of sp³-hybridized carbons (Fsp3) is 0.960. The van der Waals surface area contributed by atoms with Gasteiger partial charge in [0.25, 0.3) is 0 Å². The number of rotatable bonds is 5. The summed E-state index contributed by atoms with van der Waals surface area (Å²) in [6, 6.07) is 0. The third-order valence-corrected chi connectivity index (χ3v) is 8.73. The largest absolute Gasteiger partial charge is 0.381 e. The lowest BCUT2D eigenvalue weighted by molar-refractivity contribution is -0.131. The van der Waals surface area contributed by atoms with E-state index in [1.165, 1.54) is 51.4 Å². The van der Waals surface area contributed by atoms with Crippen LogP contribution in [0.15, 0.2) is 0 Å². The molecule has 0 radical (unpaired) electrons. The number of ether oxygens (including phenoxy) is 2. The summed E-state index contributed by atoms with van der Waals surface area (Å²) >= 11 is 0. The van der Waals surface area contributed by atoms with Crippen molar-refractivity contribution < 1.29 is 14.3 Å². The maximum absolute atomic E-state index is 12.9. The Morgan fingerprint density at radius 3 is 1.75 bits per heavy atom. The van der Waals surface area contributed by atoms with Gasteiger partial charge in [0.1, 0.15) is 5.78 Å². The Morgan fingerprint density at radius 2 is 1.14 bits per heavy atom. The van der Waals surface area contributed by atoms with Gasteiger partial charge < -0.3 is 9.47 Å². The van der Waals surface area contributed by atoms with Crippen LogP contribution in [0, 0.1) is 29.6 Å². The van der Waals surface area contributed by atoms with E-state index in [0.717, 1.165) is 56.3 Å². The summed E-state index contributed by atoms with van der Waals surface area (Å²) in [7, 11) is 1.87. The lowest BCUT2D eigenvalue weighted by atomic mass is 9.69. The second kappa shape index (κ2) is 9.60. The first-order valence-electron chi connectivity index (χ1n) is 12.3. The van der Waals surface area contributed by atoms with Gasteiger partial charge in [0.15, 0.2) is 0 Å². The number of Topliss-reactive ketones (excluding diaryl/α,β-unsaturated/α-hetero) is 1. The first-order valence-corrected chi connectivity index (χ1v) is 12.3. The molecule has 0 saturated heterocycles. The first kappa shape index (κ1) is 20.8. The molecular formula is C25H42O3. The van der Waals surface area contributed by atoms with Gasteiger partial charge in [-0.05, 0) is 94.8 Å². The molecule has 0 aromatic rings. The fourth-order valence-corrected chi connectivity index (χ4v) is 6.77. The second-order valence-corrected chi connectivity index (χ2v) is 10.6. The van der Waals surface area contributed by atoms with Crippen molar-refractivity contribution in [2.45, 2.75) is 115 Å². The molecule has 0 N–H and O–H groups in total. The van der Waals surface area contributed by atoms with Gasteiger partial charge in [0.05, 0.1) is 18.3 Å². The highest BCUT2D eigenvalue weighted by molar-refractivity contribution is 5.83. The van der Waals surface area contributed by atoms with Crippen LogP contribution in [0.5, 0.6) is 0 Å². The maximum Gasteiger partial charge on any atom is 0.139 e. The summed E-state index contributed by atoms with van der Waals surface area (Å²) in [5.74, 6) is 3.85. The Kier molecular flexibility index (Phi) is 7.15. The minimum atomic E-state index is 0.332. The van der Waals surface area contributed by atoms with E-state index in [9.17, 15) is 4.79 Å². The molecule has 0 aliphatic heterocycles. The zero-order chi connectivity index (χ0) is 19.5. The average molecular weight is 391 g/mol. The molecule has 0 amide bonds. The normalized spacial score (nSPS) is 44.6. The Labute approximate surface area is 172 Å². The molecular weight excluding hydrogens is 348 g/mol. The van der Waals surface area contributed by atoms with Gasteiger partial charge in [-0.15, -0.1) is 0 Å². The van der Waals surface area contributed by atoms with Gasteiger partial charge in [-0.3, -0.25) is 4.79 Å². The Hall–Kier alpha value is -0.410. The van der Waals surface area contributed by atoms with Crippen LogP contribution >= 0.6 is 0 Å². The molecule has 4 rings (SSSR count). The number of hydrogen-bond acceptors (Lipinski definition) is 3. The van der Waals surface area contributed by atoms with E-state index < -0.39 is 0 Å². The molecule has 0 spiro atoms. The predicted octanol–water partition coefficient (Wildman–Crippen LogP) is 5.94.